The Labute approximate surface area is 144 Å². The fourth-order valence-corrected chi connectivity index (χ4v) is 3.17. The van der Waals surface area contributed by atoms with E-state index < -0.39 is 5.60 Å². The number of β-amino-alcohol motifs (C(OH)–C–C–N with tert-alkyl or cyclic N) is 1. The van der Waals surface area contributed by atoms with E-state index in [2.05, 4.69) is 4.98 Å². The highest BCUT2D eigenvalue weighted by Gasteiger charge is 2.36. The average molecular weight is 348 g/mol. The van der Waals surface area contributed by atoms with Crippen LogP contribution in [0.4, 0.5) is 0 Å². The average Bonchev–Trinajstić information content (AvgIpc) is 3.04. The van der Waals surface area contributed by atoms with Gasteiger partial charge in [0.25, 0.3) is 5.91 Å². The molecule has 1 aromatic heterocycles. The normalized spacial score (nSPS) is 21.3. The SMILES string of the molecule is Cc1ccccc1OCC1(O)COCCN(C(=O)c2cncs2)C1. The van der Waals surface area contributed by atoms with Crippen LogP contribution in [0.15, 0.2) is 36.0 Å². The summed E-state index contributed by atoms with van der Waals surface area (Å²) in [5.74, 6) is 0.577. The molecule has 1 saturated heterocycles. The number of aromatic nitrogens is 1. The lowest BCUT2D eigenvalue weighted by molar-refractivity contribution is -0.0621. The molecule has 1 aromatic carbocycles. The summed E-state index contributed by atoms with van der Waals surface area (Å²) in [6, 6.07) is 7.62. The first-order valence-electron chi connectivity index (χ1n) is 7.74. The number of thiazole rings is 1. The van der Waals surface area contributed by atoms with Gasteiger partial charge in [-0.25, -0.2) is 0 Å². The van der Waals surface area contributed by atoms with Crippen molar-refractivity contribution in [2.24, 2.45) is 0 Å². The summed E-state index contributed by atoms with van der Waals surface area (Å²) >= 11 is 1.29. The molecule has 2 heterocycles. The fraction of sp³-hybridized carbons (Fsp3) is 0.412. The van der Waals surface area contributed by atoms with Gasteiger partial charge in [0.15, 0.2) is 0 Å². The molecule has 0 bridgehead atoms. The number of carbonyl (C=O) groups is 1. The maximum atomic E-state index is 12.5. The van der Waals surface area contributed by atoms with Gasteiger partial charge in [0, 0.05) is 6.54 Å². The van der Waals surface area contributed by atoms with E-state index in [0.29, 0.717) is 18.0 Å². The van der Waals surface area contributed by atoms with E-state index in [9.17, 15) is 9.90 Å². The van der Waals surface area contributed by atoms with Crippen LogP contribution in [0.2, 0.25) is 0 Å². The third-order valence-electron chi connectivity index (χ3n) is 3.88. The number of ether oxygens (including phenoxy) is 2. The second-order valence-electron chi connectivity index (χ2n) is 5.92. The van der Waals surface area contributed by atoms with E-state index in [0.717, 1.165) is 11.3 Å². The van der Waals surface area contributed by atoms with Gasteiger partial charge in [0.1, 0.15) is 22.8 Å². The maximum absolute atomic E-state index is 12.5. The van der Waals surface area contributed by atoms with E-state index in [-0.39, 0.29) is 25.7 Å². The van der Waals surface area contributed by atoms with Gasteiger partial charge in [-0.15, -0.1) is 11.3 Å². The van der Waals surface area contributed by atoms with Crippen molar-refractivity contribution in [1.29, 1.82) is 0 Å². The van der Waals surface area contributed by atoms with Crippen molar-refractivity contribution in [1.82, 2.24) is 9.88 Å². The van der Waals surface area contributed by atoms with E-state index in [1.165, 1.54) is 11.3 Å². The summed E-state index contributed by atoms with van der Waals surface area (Å²) in [4.78, 5) is 18.6. The maximum Gasteiger partial charge on any atom is 0.265 e. The van der Waals surface area contributed by atoms with Crippen LogP contribution in [0.1, 0.15) is 15.2 Å². The third kappa shape index (κ3) is 3.92. The zero-order valence-electron chi connectivity index (χ0n) is 13.5. The number of rotatable bonds is 4. The third-order valence-corrected chi connectivity index (χ3v) is 4.64. The molecular formula is C17H20N2O4S. The molecule has 24 heavy (non-hydrogen) atoms. The lowest BCUT2D eigenvalue weighted by Crippen LogP contribution is -2.50. The van der Waals surface area contributed by atoms with Crippen molar-refractivity contribution in [2.45, 2.75) is 12.5 Å². The van der Waals surface area contributed by atoms with Gasteiger partial charge in [-0.3, -0.25) is 9.78 Å². The smallest absolute Gasteiger partial charge is 0.265 e. The monoisotopic (exact) mass is 348 g/mol. The van der Waals surface area contributed by atoms with Gasteiger partial charge in [-0.2, -0.15) is 0 Å². The zero-order chi connectivity index (χ0) is 17.0. The Kier molecular flexibility index (Phi) is 5.13. The Balaban J connectivity index is 1.69. The summed E-state index contributed by atoms with van der Waals surface area (Å²) in [6.07, 6.45) is 1.54. The Bertz CT molecular complexity index is 692. The lowest BCUT2D eigenvalue weighted by atomic mass is 10.1. The molecule has 1 atom stereocenters. The number of hydrogen-bond donors (Lipinski definition) is 1. The minimum atomic E-state index is -1.25. The second kappa shape index (κ2) is 7.29. The highest BCUT2D eigenvalue weighted by atomic mass is 32.1. The van der Waals surface area contributed by atoms with Crippen LogP contribution in [0.5, 0.6) is 5.75 Å². The molecule has 1 aliphatic heterocycles. The number of hydrogen-bond acceptors (Lipinski definition) is 6. The number of nitrogens with zero attached hydrogens (tertiary/aromatic N) is 2. The van der Waals surface area contributed by atoms with Gasteiger partial charge in [0.05, 0.1) is 31.5 Å². The molecular weight excluding hydrogens is 328 g/mol. The molecule has 0 aliphatic carbocycles. The van der Waals surface area contributed by atoms with Gasteiger partial charge >= 0.3 is 0 Å². The van der Waals surface area contributed by atoms with E-state index in [1.54, 1.807) is 16.6 Å². The van der Waals surface area contributed by atoms with Crippen LogP contribution in [-0.2, 0) is 4.74 Å². The molecule has 7 heteroatoms. The summed E-state index contributed by atoms with van der Waals surface area (Å²) < 4.78 is 11.3. The standard InChI is InChI=1S/C17H20N2O4S/c1-13-4-2-3-5-14(13)23-11-17(21)9-19(6-7-22-10-17)16(20)15-8-18-12-24-15/h2-5,8,12,21H,6-7,9-11H2,1H3. The van der Waals surface area contributed by atoms with Crippen molar-refractivity contribution in [3.05, 3.63) is 46.4 Å². The topological polar surface area (TPSA) is 71.9 Å². The number of amides is 1. The zero-order valence-corrected chi connectivity index (χ0v) is 14.3. The Morgan fingerprint density at radius 1 is 1.50 bits per heavy atom. The number of carbonyl (C=O) groups excluding carboxylic acids is 1. The number of aliphatic hydroxyl groups is 1. The largest absolute Gasteiger partial charge is 0.490 e. The molecule has 1 amide bonds. The summed E-state index contributed by atoms with van der Waals surface area (Å²) in [5.41, 5.74) is 1.36. The molecule has 128 valence electrons. The summed E-state index contributed by atoms with van der Waals surface area (Å²) in [7, 11) is 0. The molecule has 6 nitrogen and oxygen atoms in total. The van der Waals surface area contributed by atoms with Crippen LogP contribution in [0.3, 0.4) is 0 Å². The molecule has 1 unspecified atom stereocenters. The first-order chi connectivity index (χ1) is 11.6. The lowest BCUT2D eigenvalue weighted by Gasteiger charge is -2.30. The molecule has 3 rings (SSSR count). The summed E-state index contributed by atoms with van der Waals surface area (Å²) in [6.45, 7) is 3.12. The van der Waals surface area contributed by atoms with E-state index in [4.69, 9.17) is 9.47 Å². The fourth-order valence-electron chi connectivity index (χ4n) is 2.59. The Morgan fingerprint density at radius 3 is 3.08 bits per heavy atom. The van der Waals surface area contributed by atoms with E-state index in [1.807, 2.05) is 31.2 Å². The van der Waals surface area contributed by atoms with Crippen LogP contribution in [0.25, 0.3) is 0 Å². The van der Waals surface area contributed by atoms with Crippen molar-refractivity contribution >= 4 is 17.2 Å². The van der Waals surface area contributed by atoms with Crippen LogP contribution in [-0.4, -0.2) is 59.4 Å². The highest BCUT2D eigenvalue weighted by Crippen LogP contribution is 2.21. The molecule has 0 radical (unpaired) electrons. The quantitative estimate of drug-likeness (QED) is 0.911. The van der Waals surface area contributed by atoms with Crippen LogP contribution >= 0.6 is 11.3 Å². The Morgan fingerprint density at radius 2 is 2.33 bits per heavy atom. The first kappa shape index (κ1) is 16.9. The van der Waals surface area contributed by atoms with Crippen molar-refractivity contribution in [3.8, 4) is 5.75 Å². The number of benzene rings is 1. The molecule has 0 spiro atoms. The number of para-hydroxylation sites is 1. The summed E-state index contributed by atoms with van der Waals surface area (Å²) in [5, 5.41) is 10.9. The van der Waals surface area contributed by atoms with Crippen molar-refractivity contribution < 1.29 is 19.4 Å². The first-order valence-corrected chi connectivity index (χ1v) is 8.62. The predicted octanol–water partition coefficient (Wildman–Crippen LogP) is 1.73. The molecule has 1 fully saturated rings. The molecule has 1 N–H and O–H groups in total. The molecule has 0 saturated carbocycles. The molecule has 2 aromatic rings. The molecule has 1 aliphatic rings. The van der Waals surface area contributed by atoms with E-state index >= 15 is 0 Å². The number of aryl methyl sites for hydroxylation is 1. The minimum Gasteiger partial charge on any atom is -0.490 e. The Hall–Kier alpha value is -1.96. The highest BCUT2D eigenvalue weighted by molar-refractivity contribution is 7.11. The second-order valence-corrected chi connectivity index (χ2v) is 6.81. The van der Waals surface area contributed by atoms with Crippen LogP contribution in [0, 0.1) is 6.92 Å². The van der Waals surface area contributed by atoms with Gasteiger partial charge in [0.2, 0.25) is 0 Å². The van der Waals surface area contributed by atoms with Gasteiger partial charge in [-0.1, -0.05) is 18.2 Å². The van der Waals surface area contributed by atoms with Gasteiger partial charge < -0.3 is 19.5 Å². The predicted molar refractivity (Wildman–Crippen MR) is 90.5 cm³/mol. The van der Waals surface area contributed by atoms with Gasteiger partial charge in [-0.05, 0) is 18.6 Å². The van der Waals surface area contributed by atoms with Crippen molar-refractivity contribution in [2.75, 3.05) is 32.9 Å². The minimum absolute atomic E-state index is 0.0598. The van der Waals surface area contributed by atoms with Crippen molar-refractivity contribution in [3.63, 3.8) is 0 Å². The van der Waals surface area contributed by atoms with Crippen LogP contribution < -0.4 is 4.74 Å².